The van der Waals surface area contributed by atoms with Gasteiger partial charge in [-0.2, -0.15) is 0 Å². The number of nitrogens with two attached hydrogens (primary N) is 1. The van der Waals surface area contributed by atoms with Crippen molar-refractivity contribution in [3.8, 4) is 0 Å². The van der Waals surface area contributed by atoms with Crippen LogP contribution in [0.1, 0.15) is 6.04 Å². The van der Waals surface area contributed by atoms with Gasteiger partial charge in [-0.3, -0.25) is 0 Å². The van der Waals surface area contributed by atoms with Gasteiger partial charge in [0.05, 0.1) is 18.0 Å². The molecule has 3 rings (SSSR count). The van der Waals surface area contributed by atoms with Crippen LogP contribution in [-0.4, -0.2) is 48.7 Å². The summed E-state index contributed by atoms with van der Waals surface area (Å²) >= 11 is 0. The zero-order valence-electron chi connectivity index (χ0n) is 10.0. The Labute approximate surface area is 108 Å². The number of hydrogen-bond acceptors (Lipinski definition) is 6. The molecule has 1 aliphatic rings. The molecule has 0 saturated heterocycles. The molecule has 100 valence electrons. The second kappa shape index (κ2) is 4.30. The summed E-state index contributed by atoms with van der Waals surface area (Å²) in [7, 11) is 0. The van der Waals surface area contributed by atoms with Crippen LogP contribution in [0, 0.1) is 0 Å². The van der Waals surface area contributed by atoms with E-state index in [0.717, 1.165) is 0 Å². The molecule has 1 aliphatic carbocycles. The Morgan fingerprint density at radius 3 is 2.79 bits per heavy atom. The number of aliphatic hydroxyl groups excluding tert-OH is 3. The number of nitrogen functional groups attached to an aromatic ring is 1. The summed E-state index contributed by atoms with van der Waals surface area (Å²) < 4.78 is 1.71. The van der Waals surface area contributed by atoms with Crippen molar-refractivity contribution in [1.82, 2.24) is 14.5 Å². The highest BCUT2D eigenvalue weighted by molar-refractivity contribution is 5.86. The first-order valence-electron chi connectivity index (χ1n) is 5.88. The van der Waals surface area contributed by atoms with Gasteiger partial charge < -0.3 is 25.6 Å². The van der Waals surface area contributed by atoms with Crippen LogP contribution < -0.4 is 5.73 Å². The standard InChI is InChI=1S/C12H14N4O3/c13-11-7-1-2-16(12(7)15-5-14-11)8-3-6(4-17)9(18)10(8)19/h1-3,5,8-10,17-19H,4H2,(H2,13,14,15)/t8?,9-,10+/m1/s1. The molecule has 0 spiro atoms. The van der Waals surface area contributed by atoms with E-state index in [4.69, 9.17) is 10.8 Å². The van der Waals surface area contributed by atoms with Crippen molar-refractivity contribution in [2.24, 2.45) is 0 Å². The lowest BCUT2D eigenvalue weighted by Crippen LogP contribution is -2.30. The van der Waals surface area contributed by atoms with Crippen molar-refractivity contribution in [1.29, 1.82) is 0 Å². The predicted molar refractivity (Wildman–Crippen MR) is 68.2 cm³/mol. The number of rotatable bonds is 2. The first-order valence-corrected chi connectivity index (χ1v) is 5.88. The predicted octanol–water partition coefficient (Wildman–Crippen LogP) is -0.791. The fraction of sp³-hybridized carbons (Fsp3) is 0.333. The summed E-state index contributed by atoms with van der Waals surface area (Å²) in [6, 6.07) is 1.28. The number of fused-ring (bicyclic) bond motifs is 1. The van der Waals surface area contributed by atoms with Crippen molar-refractivity contribution in [2.75, 3.05) is 12.3 Å². The van der Waals surface area contributed by atoms with Gasteiger partial charge in [0.25, 0.3) is 0 Å². The molecule has 2 heterocycles. The highest BCUT2D eigenvalue weighted by Crippen LogP contribution is 2.32. The first kappa shape index (κ1) is 12.1. The lowest BCUT2D eigenvalue weighted by atomic mass is 10.1. The molecule has 0 fully saturated rings. The average Bonchev–Trinajstić information content (AvgIpc) is 2.94. The third-order valence-electron chi connectivity index (χ3n) is 3.48. The van der Waals surface area contributed by atoms with Crippen LogP contribution in [-0.2, 0) is 0 Å². The summed E-state index contributed by atoms with van der Waals surface area (Å²) in [4.78, 5) is 8.04. The summed E-state index contributed by atoms with van der Waals surface area (Å²) in [5, 5.41) is 29.7. The van der Waals surface area contributed by atoms with Gasteiger partial charge in [-0.05, 0) is 11.6 Å². The Hall–Kier alpha value is -1.96. The summed E-state index contributed by atoms with van der Waals surface area (Å²) in [6.07, 6.45) is 2.64. The van der Waals surface area contributed by atoms with Gasteiger partial charge in [0, 0.05) is 6.20 Å². The Kier molecular flexibility index (Phi) is 2.74. The summed E-state index contributed by atoms with van der Waals surface area (Å²) in [5.74, 6) is 0.364. The maximum Gasteiger partial charge on any atom is 0.146 e. The molecule has 7 nitrogen and oxygen atoms in total. The van der Waals surface area contributed by atoms with Crippen LogP contribution in [0.4, 0.5) is 5.82 Å². The van der Waals surface area contributed by atoms with Gasteiger partial charge in [0.15, 0.2) is 0 Å². The Morgan fingerprint density at radius 2 is 2.11 bits per heavy atom. The van der Waals surface area contributed by atoms with Crippen LogP contribution in [0.15, 0.2) is 30.2 Å². The van der Waals surface area contributed by atoms with Gasteiger partial charge in [-0.15, -0.1) is 0 Å². The molecular formula is C12H14N4O3. The maximum absolute atomic E-state index is 10.1. The Morgan fingerprint density at radius 1 is 1.32 bits per heavy atom. The van der Waals surface area contributed by atoms with Crippen molar-refractivity contribution >= 4 is 16.9 Å². The van der Waals surface area contributed by atoms with Crippen LogP contribution in [0.25, 0.3) is 11.0 Å². The zero-order valence-corrected chi connectivity index (χ0v) is 10.0. The minimum Gasteiger partial charge on any atom is -0.392 e. The second-order valence-electron chi connectivity index (χ2n) is 4.54. The molecule has 0 amide bonds. The number of aliphatic hydroxyl groups is 3. The van der Waals surface area contributed by atoms with E-state index >= 15 is 0 Å². The molecule has 1 unspecified atom stereocenters. The van der Waals surface area contributed by atoms with Crippen LogP contribution in [0.2, 0.25) is 0 Å². The molecule has 0 radical (unpaired) electrons. The van der Waals surface area contributed by atoms with Gasteiger partial charge >= 0.3 is 0 Å². The van der Waals surface area contributed by atoms with E-state index in [-0.39, 0.29) is 6.61 Å². The molecule has 0 aromatic carbocycles. The number of aromatic nitrogens is 3. The van der Waals surface area contributed by atoms with Gasteiger partial charge in [-0.25, -0.2) is 9.97 Å². The molecule has 19 heavy (non-hydrogen) atoms. The second-order valence-corrected chi connectivity index (χ2v) is 4.54. The lowest BCUT2D eigenvalue weighted by Gasteiger charge is -2.19. The minimum atomic E-state index is -1.06. The summed E-state index contributed by atoms with van der Waals surface area (Å²) in [6.45, 7) is -0.287. The summed E-state index contributed by atoms with van der Waals surface area (Å²) in [5.41, 5.74) is 6.74. The number of hydrogen-bond donors (Lipinski definition) is 4. The molecule has 2 aromatic rings. The van der Waals surface area contributed by atoms with E-state index < -0.39 is 18.2 Å². The van der Waals surface area contributed by atoms with E-state index in [1.165, 1.54) is 6.33 Å². The fourth-order valence-electron chi connectivity index (χ4n) is 2.44. The Bertz CT molecular complexity index is 651. The molecule has 0 aliphatic heterocycles. The number of nitrogens with zero attached hydrogens (tertiary/aromatic N) is 3. The SMILES string of the molecule is Nc1ncnc2c1ccn2C1C=C(CO)[C@@H](O)[C@H]1O. The van der Waals surface area contributed by atoms with Crippen molar-refractivity contribution in [3.05, 3.63) is 30.2 Å². The number of anilines is 1. The molecule has 0 saturated carbocycles. The van der Waals surface area contributed by atoms with Gasteiger partial charge in [-0.1, -0.05) is 6.08 Å². The average molecular weight is 262 g/mol. The van der Waals surface area contributed by atoms with Crippen molar-refractivity contribution in [3.63, 3.8) is 0 Å². The van der Waals surface area contributed by atoms with E-state index in [2.05, 4.69) is 9.97 Å². The van der Waals surface area contributed by atoms with E-state index in [0.29, 0.717) is 22.4 Å². The molecule has 2 aromatic heterocycles. The normalized spacial score (nSPS) is 26.9. The third kappa shape index (κ3) is 1.71. The molecule has 5 N–H and O–H groups in total. The van der Waals surface area contributed by atoms with Crippen LogP contribution in [0.5, 0.6) is 0 Å². The van der Waals surface area contributed by atoms with Gasteiger partial charge in [0.1, 0.15) is 30.0 Å². The van der Waals surface area contributed by atoms with Crippen molar-refractivity contribution < 1.29 is 15.3 Å². The largest absolute Gasteiger partial charge is 0.392 e. The van der Waals surface area contributed by atoms with Crippen molar-refractivity contribution in [2.45, 2.75) is 18.2 Å². The smallest absolute Gasteiger partial charge is 0.146 e. The van der Waals surface area contributed by atoms with Crippen LogP contribution in [0.3, 0.4) is 0 Å². The Balaban J connectivity index is 2.11. The van der Waals surface area contributed by atoms with Crippen LogP contribution >= 0.6 is 0 Å². The molecular weight excluding hydrogens is 248 g/mol. The maximum atomic E-state index is 10.1. The fourth-order valence-corrected chi connectivity index (χ4v) is 2.44. The molecule has 0 bridgehead atoms. The van der Waals surface area contributed by atoms with E-state index in [1.807, 2.05) is 0 Å². The molecule has 3 atom stereocenters. The zero-order chi connectivity index (χ0) is 13.6. The van der Waals surface area contributed by atoms with Gasteiger partial charge in [0.2, 0.25) is 0 Å². The minimum absolute atomic E-state index is 0.287. The highest BCUT2D eigenvalue weighted by atomic mass is 16.3. The highest BCUT2D eigenvalue weighted by Gasteiger charge is 2.35. The topological polar surface area (TPSA) is 117 Å². The monoisotopic (exact) mass is 262 g/mol. The lowest BCUT2D eigenvalue weighted by molar-refractivity contribution is 0.0288. The quantitative estimate of drug-likeness (QED) is 0.527. The van der Waals surface area contributed by atoms with E-state index in [1.54, 1.807) is 22.9 Å². The van der Waals surface area contributed by atoms with E-state index in [9.17, 15) is 10.2 Å². The molecule has 7 heteroatoms. The first-order chi connectivity index (χ1) is 9.13. The third-order valence-corrected chi connectivity index (χ3v) is 3.48.